The Morgan fingerprint density at radius 3 is 1.56 bits per heavy atom. The molecule has 0 saturated heterocycles. The molecular formula is C22H40N6O11. The summed E-state index contributed by atoms with van der Waals surface area (Å²) in [6.07, 6.45) is -2.97. The molecule has 0 unspecified atom stereocenters. The summed E-state index contributed by atoms with van der Waals surface area (Å²) in [5.41, 5.74) is 5.38. The molecule has 0 spiro atoms. The molecule has 0 aromatic heterocycles. The maximum absolute atomic E-state index is 13.0. The number of amides is 5. The second-order valence-electron chi connectivity index (χ2n) is 9.29. The van der Waals surface area contributed by atoms with Crippen LogP contribution in [0.3, 0.4) is 0 Å². The van der Waals surface area contributed by atoms with Crippen molar-refractivity contribution in [3.8, 4) is 0 Å². The summed E-state index contributed by atoms with van der Waals surface area (Å²) in [4.78, 5) is 73.3. The van der Waals surface area contributed by atoms with Gasteiger partial charge in [0, 0.05) is 0 Å². The zero-order valence-electron chi connectivity index (χ0n) is 22.2. The van der Waals surface area contributed by atoms with E-state index in [4.69, 9.17) is 15.9 Å². The van der Waals surface area contributed by atoms with E-state index in [0.717, 1.165) is 13.8 Å². The maximum atomic E-state index is 13.0. The maximum Gasteiger partial charge on any atom is 0.322 e. The van der Waals surface area contributed by atoms with Gasteiger partial charge in [0.1, 0.15) is 36.8 Å². The minimum absolute atomic E-state index is 0.0296. The van der Waals surface area contributed by atoms with E-state index in [-0.39, 0.29) is 12.3 Å². The van der Waals surface area contributed by atoms with Crippen LogP contribution in [0.2, 0.25) is 0 Å². The molecule has 0 radical (unpaired) electrons. The topological polar surface area (TPSA) is 290 Å². The number of nitrogens with two attached hydrogens (primary N) is 1. The van der Waals surface area contributed by atoms with Crippen LogP contribution >= 0.6 is 0 Å². The fourth-order valence-electron chi connectivity index (χ4n) is 3.11. The lowest BCUT2D eigenvalue weighted by Crippen LogP contribution is -2.62. The molecule has 0 rings (SSSR count). The van der Waals surface area contributed by atoms with E-state index in [2.05, 4.69) is 21.3 Å². The fraction of sp³-hybridized carbons (Fsp3) is 0.727. The molecule has 0 aliphatic carbocycles. The van der Waals surface area contributed by atoms with Crippen molar-refractivity contribution < 1.29 is 54.3 Å². The Labute approximate surface area is 224 Å². The monoisotopic (exact) mass is 564 g/mol. The number of carboxylic acids is 1. The zero-order chi connectivity index (χ0) is 30.4. The smallest absolute Gasteiger partial charge is 0.322 e. The Kier molecular flexibility index (Phi) is 15.8. The van der Waals surface area contributed by atoms with Crippen molar-refractivity contribution in [2.45, 2.75) is 76.5 Å². The number of aliphatic hydroxyl groups is 4. The molecule has 0 aliphatic heterocycles. The lowest BCUT2D eigenvalue weighted by atomic mass is 10.0. The normalized spacial score (nSPS) is 16.5. The van der Waals surface area contributed by atoms with Crippen molar-refractivity contribution in [3.63, 3.8) is 0 Å². The van der Waals surface area contributed by atoms with Gasteiger partial charge in [-0.25, -0.2) is 0 Å². The standard InChI is InChI=1S/C22H40N6O11/c1-9(2)5-13(25-20(37)14(8-30)26-18(35)12(23)7-29)19(36)27-17(11(4)32)22(39)28-16(10(3)31)21(38)24-6-15(33)34/h9-14,16-17,29-32H,5-8,23H2,1-4H3,(H,24,38)(H,25,37)(H,26,35)(H,27,36)(H,28,39)(H,33,34)/t10-,11-,12+,13+,14+,16+,17+/m1/s1. The number of nitrogens with one attached hydrogen (secondary N) is 5. The minimum Gasteiger partial charge on any atom is -0.480 e. The number of aliphatic carboxylic acids is 1. The van der Waals surface area contributed by atoms with Crippen LogP contribution < -0.4 is 32.3 Å². The molecule has 0 aromatic rings. The molecule has 0 aliphatic rings. The van der Waals surface area contributed by atoms with E-state index in [1.54, 1.807) is 13.8 Å². The van der Waals surface area contributed by atoms with Crippen LogP contribution in [-0.2, 0) is 28.8 Å². The lowest BCUT2D eigenvalue weighted by molar-refractivity contribution is -0.140. The largest absolute Gasteiger partial charge is 0.480 e. The van der Waals surface area contributed by atoms with Gasteiger partial charge in [-0.3, -0.25) is 28.8 Å². The van der Waals surface area contributed by atoms with E-state index < -0.39 is 97.7 Å². The highest BCUT2D eigenvalue weighted by molar-refractivity contribution is 5.96. The van der Waals surface area contributed by atoms with Gasteiger partial charge < -0.3 is 57.9 Å². The number of carbonyl (C=O) groups excluding carboxylic acids is 5. The first-order valence-electron chi connectivity index (χ1n) is 12.1. The van der Waals surface area contributed by atoms with Gasteiger partial charge >= 0.3 is 5.97 Å². The SMILES string of the molecule is CC(C)C[C@H](NC(=O)[C@H](CO)NC(=O)[C@@H](N)CO)C(=O)N[C@H](C(=O)N[C@H](C(=O)NCC(=O)O)[C@@H](C)O)[C@@H](C)O. The van der Waals surface area contributed by atoms with Crippen molar-refractivity contribution >= 4 is 35.5 Å². The first-order valence-corrected chi connectivity index (χ1v) is 12.1. The van der Waals surface area contributed by atoms with E-state index in [0.29, 0.717) is 0 Å². The Bertz CT molecular complexity index is 867. The average Bonchev–Trinajstić information content (AvgIpc) is 2.85. The number of carboxylic acid groups (broad SMARTS) is 1. The highest BCUT2D eigenvalue weighted by atomic mass is 16.4. The predicted octanol–water partition coefficient (Wildman–Crippen LogP) is -5.75. The first kappa shape index (κ1) is 35.6. The van der Waals surface area contributed by atoms with Gasteiger partial charge in [0.15, 0.2) is 0 Å². The predicted molar refractivity (Wildman–Crippen MR) is 133 cm³/mol. The van der Waals surface area contributed by atoms with Gasteiger partial charge in [-0.05, 0) is 26.2 Å². The molecule has 17 nitrogen and oxygen atoms in total. The summed E-state index contributed by atoms with van der Waals surface area (Å²) in [7, 11) is 0. The van der Waals surface area contributed by atoms with Gasteiger partial charge in [-0.2, -0.15) is 0 Å². The van der Waals surface area contributed by atoms with Crippen molar-refractivity contribution in [2.75, 3.05) is 19.8 Å². The van der Waals surface area contributed by atoms with Crippen LogP contribution in [0.5, 0.6) is 0 Å². The van der Waals surface area contributed by atoms with Crippen LogP contribution in [0.1, 0.15) is 34.1 Å². The van der Waals surface area contributed by atoms with E-state index in [1.165, 1.54) is 0 Å². The van der Waals surface area contributed by atoms with Crippen molar-refractivity contribution in [1.82, 2.24) is 26.6 Å². The number of rotatable bonds is 17. The van der Waals surface area contributed by atoms with Crippen LogP contribution in [0, 0.1) is 5.92 Å². The third-order valence-corrected chi connectivity index (χ3v) is 5.23. The van der Waals surface area contributed by atoms with E-state index >= 15 is 0 Å². The van der Waals surface area contributed by atoms with Gasteiger partial charge in [0.05, 0.1) is 25.4 Å². The first-order chi connectivity index (χ1) is 18.0. The minimum atomic E-state index is -1.67. The Balaban J connectivity index is 5.66. The fourth-order valence-corrected chi connectivity index (χ4v) is 3.11. The second kappa shape index (κ2) is 17.3. The van der Waals surface area contributed by atoms with E-state index in [9.17, 15) is 44.1 Å². The molecular weight excluding hydrogens is 524 g/mol. The summed E-state index contributed by atoms with van der Waals surface area (Å²) in [5, 5.41) is 58.1. The zero-order valence-corrected chi connectivity index (χ0v) is 22.2. The van der Waals surface area contributed by atoms with Crippen LogP contribution in [0.25, 0.3) is 0 Å². The highest BCUT2D eigenvalue weighted by Gasteiger charge is 2.35. The van der Waals surface area contributed by atoms with Gasteiger partial charge in [-0.15, -0.1) is 0 Å². The lowest BCUT2D eigenvalue weighted by Gasteiger charge is -2.28. The van der Waals surface area contributed by atoms with Crippen molar-refractivity contribution in [2.24, 2.45) is 11.7 Å². The summed E-state index contributed by atoms with van der Waals surface area (Å²) in [6, 6.07) is -7.49. The van der Waals surface area contributed by atoms with Crippen LogP contribution in [0.4, 0.5) is 0 Å². The van der Waals surface area contributed by atoms with Crippen molar-refractivity contribution in [1.29, 1.82) is 0 Å². The Morgan fingerprint density at radius 1 is 0.667 bits per heavy atom. The summed E-state index contributed by atoms with van der Waals surface area (Å²) >= 11 is 0. The van der Waals surface area contributed by atoms with Crippen LogP contribution in [-0.4, -0.2) is 123 Å². The van der Waals surface area contributed by atoms with Crippen LogP contribution in [0.15, 0.2) is 0 Å². The Hall–Kier alpha value is -3.38. The molecule has 17 heteroatoms. The summed E-state index contributed by atoms with van der Waals surface area (Å²) in [6.45, 7) is 3.38. The van der Waals surface area contributed by atoms with Crippen molar-refractivity contribution in [3.05, 3.63) is 0 Å². The molecule has 0 saturated carbocycles. The average molecular weight is 565 g/mol. The third kappa shape index (κ3) is 12.8. The molecule has 7 atom stereocenters. The second-order valence-corrected chi connectivity index (χ2v) is 9.29. The molecule has 0 aromatic carbocycles. The molecule has 0 heterocycles. The molecule has 0 fully saturated rings. The highest BCUT2D eigenvalue weighted by Crippen LogP contribution is 2.07. The number of aliphatic hydroxyl groups excluding tert-OH is 4. The molecule has 224 valence electrons. The number of hydrogen-bond acceptors (Lipinski definition) is 11. The third-order valence-electron chi connectivity index (χ3n) is 5.23. The van der Waals surface area contributed by atoms with Gasteiger partial charge in [0.25, 0.3) is 0 Å². The van der Waals surface area contributed by atoms with Gasteiger partial charge in [0.2, 0.25) is 29.5 Å². The molecule has 12 N–H and O–H groups in total. The molecule has 39 heavy (non-hydrogen) atoms. The summed E-state index contributed by atoms with van der Waals surface area (Å²) in [5.74, 6) is -6.51. The van der Waals surface area contributed by atoms with Gasteiger partial charge in [-0.1, -0.05) is 13.8 Å². The molecule has 5 amide bonds. The number of hydrogen-bond donors (Lipinski definition) is 11. The summed E-state index contributed by atoms with van der Waals surface area (Å²) < 4.78 is 0. The van der Waals surface area contributed by atoms with E-state index in [1.807, 2.05) is 5.32 Å². The number of carbonyl (C=O) groups is 6. The quantitative estimate of drug-likeness (QED) is 0.0788. The molecule has 0 bridgehead atoms. The Morgan fingerprint density at radius 2 is 1.13 bits per heavy atom.